The van der Waals surface area contributed by atoms with Crippen LogP contribution in [-0.4, -0.2) is 21.2 Å². The van der Waals surface area contributed by atoms with Gasteiger partial charge in [0.05, 0.1) is 11.1 Å². The predicted octanol–water partition coefficient (Wildman–Crippen LogP) is 1.79. The van der Waals surface area contributed by atoms with Gasteiger partial charge in [0.2, 0.25) is 5.13 Å². The lowest BCUT2D eigenvalue weighted by Crippen LogP contribution is -1.92. The monoisotopic (exact) mass is 279 g/mol. The van der Waals surface area contributed by atoms with E-state index in [1.165, 1.54) is 35.8 Å². The number of phenolic OH excluding ortho intramolecular Hbond substituents is 1. The molecule has 0 fully saturated rings. The number of nitrogens with two attached hydrogens (primary N) is 1. The molecule has 1 heterocycles. The maximum absolute atomic E-state index is 10.5. The van der Waals surface area contributed by atoms with Crippen molar-refractivity contribution in [2.75, 3.05) is 11.2 Å². The number of thiazole rings is 1. The van der Waals surface area contributed by atoms with Gasteiger partial charge < -0.3 is 10.8 Å². The van der Waals surface area contributed by atoms with Crippen LogP contribution >= 0.6 is 11.3 Å². The Morgan fingerprint density at radius 1 is 1.58 bits per heavy atom. The fourth-order valence-corrected chi connectivity index (χ4v) is 1.82. The third-order valence-corrected chi connectivity index (χ3v) is 2.86. The number of nitro groups is 1. The quantitative estimate of drug-likeness (QED) is 0.445. The van der Waals surface area contributed by atoms with E-state index >= 15 is 0 Å². The highest BCUT2D eigenvalue weighted by molar-refractivity contribution is 7.14. The number of aromatic hydroxyl groups is 1. The average molecular weight is 279 g/mol. The van der Waals surface area contributed by atoms with Gasteiger partial charge in [0, 0.05) is 11.4 Å². The molecule has 0 amide bonds. The molecule has 9 heteroatoms. The van der Waals surface area contributed by atoms with Crippen molar-refractivity contribution in [3.8, 4) is 5.75 Å². The zero-order valence-corrected chi connectivity index (χ0v) is 10.3. The van der Waals surface area contributed by atoms with E-state index in [0.29, 0.717) is 16.5 Å². The Hall–Kier alpha value is -2.68. The molecular formula is C10H9N5O3S. The van der Waals surface area contributed by atoms with Gasteiger partial charge in [-0.15, -0.1) is 11.3 Å². The van der Waals surface area contributed by atoms with Crippen LogP contribution in [0.5, 0.6) is 5.75 Å². The van der Waals surface area contributed by atoms with Crippen LogP contribution in [0.15, 0.2) is 28.7 Å². The highest BCUT2D eigenvalue weighted by atomic mass is 32.1. The van der Waals surface area contributed by atoms with Crippen molar-refractivity contribution < 1.29 is 10.0 Å². The minimum absolute atomic E-state index is 0.349. The Kier molecular flexibility index (Phi) is 3.57. The van der Waals surface area contributed by atoms with Gasteiger partial charge in [-0.3, -0.25) is 15.5 Å². The Balaban J connectivity index is 2.07. The molecule has 0 aliphatic carbocycles. The molecule has 98 valence electrons. The van der Waals surface area contributed by atoms with Crippen molar-refractivity contribution in [1.82, 2.24) is 4.98 Å². The average Bonchev–Trinajstić information content (AvgIpc) is 2.75. The second-order valence-corrected chi connectivity index (χ2v) is 4.31. The summed E-state index contributed by atoms with van der Waals surface area (Å²) in [5, 5.41) is 26.0. The number of hydrogen-bond donors (Lipinski definition) is 3. The summed E-state index contributed by atoms with van der Waals surface area (Å²) in [5.41, 5.74) is 8.25. The Labute approximate surface area is 111 Å². The van der Waals surface area contributed by atoms with E-state index in [1.807, 2.05) is 0 Å². The van der Waals surface area contributed by atoms with Crippen molar-refractivity contribution in [3.05, 3.63) is 39.3 Å². The molecule has 0 aliphatic rings. The van der Waals surface area contributed by atoms with Gasteiger partial charge in [-0.25, -0.2) is 4.98 Å². The molecule has 0 spiro atoms. The first-order valence-corrected chi connectivity index (χ1v) is 5.91. The fraction of sp³-hybridized carbons (Fsp3) is 0. The third-order valence-electron chi connectivity index (χ3n) is 2.09. The first-order chi connectivity index (χ1) is 9.06. The van der Waals surface area contributed by atoms with Gasteiger partial charge in [0.1, 0.15) is 5.82 Å². The van der Waals surface area contributed by atoms with Gasteiger partial charge in [-0.05, 0) is 17.7 Å². The summed E-state index contributed by atoms with van der Waals surface area (Å²) >= 11 is 1.29. The molecule has 8 nitrogen and oxygen atoms in total. The number of anilines is 2. The summed E-state index contributed by atoms with van der Waals surface area (Å²) in [6.45, 7) is 0. The molecule has 0 unspecified atom stereocenters. The van der Waals surface area contributed by atoms with Crippen LogP contribution in [-0.2, 0) is 0 Å². The molecule has 0 atom stereocenters. The van der Waals surface area contributed by atoms with Gasteiger partial charge in [0.25, 0.3) is 0 Å². The van der Waals surface area contributed by atoms with Crippen molar-refractivity contribution in [2.45, 2.75) is 0 Å². The predicted molar refractivity (Wildman–Crippen MR) is 72.5 cm³/mol. The lowest BCUT2D eigenvalue weighted by molar-refractivity contribution is -0.385. The second-order valence-electron chi connectivity index (χ2n) is 3.45. The van der Waals surface area contributed by atoms with Crippen LogP contribution in [0.3, 0.4) is 0 Å². The van der Waals surface area contributed by atoms with Crippen LogP contribution in [0.1, 0.15) is 5.56 Å². The Morgan fingerprint density at radius 3 is 2.95 bits per heavy atom. The normalized spacial score (nSPS) is 10.7. The fourth-order valence-electron chi connectivity index (χ4n) is 1.27. The number of nitrogen functional groups attached to an aromatic ring is 1. The lowest BCUT2D eigenvalue weighted by atomic mass is 10.2. The van der Waals surface area contributed by atoms with Crippen molar-refractivity contribution in [3.63, 3.8) is 0 Å². The number of nitro benzene ring substituents is 1. The largest absolute Gasteiger partial charge is 0.502 e. The summed E-state index contributed by atoms with van der Waals surface area (Å²) in [4.78, 5) is 13.8. The highest BCUT2D eigenvalue weighted by Gasteiger charge is 2.12. The van der Waals surface area contributed by atoms with Gasteiger partial charge in [-0.1, -0.05) is 0 Å². The van der Waals surface area contributed by atoms with Gasteiger partial charge in [-0.2, -0.15) is 5.10 Å². The first kappa shape index (κ1) is 12.8. The molecule has 4 N–H and O–H groups in total. The molecule has 19 heavy (non-hydrogen) atoms. The smallest absolute Gasteiger partial charge is 0.310 e. The Morgan fingerprint density at radius 2 is 2.37 bits per heavy atom. The lowest BCUT2D eigenvalue weighted by Gasteiger charge is -1.97. The third kappa shape index (κ3) is 3.16. The number of rotatable bonds is 4. The molecule has 0 saturated carbocycles. The van der Waals surface area contributed by atoms with Crippen LogP contribution in [0.2, 0.25) is 0 Å². The summed E-state index contributed by atoms with van der Waals surface area (Å²) in [6.07, 6.45) is 1.40. The van der Waals surface area contributed by atoms with E-state index in [9.17, 15) is 15.2 Å². The first-order valence-electron chi connectivity index (χ1n) is 5.04. The molecule has 2 aromatic rings. The summed E-state index contributed by atoms with van der Waals surface area (Å²) < 4.78 is 0. The zero-order valence-electron chi connectivity index (χ0n) is 9.48. The van der Waals surface area contributed by atoms with Crippen LogP contribution in [0.4, 0.5) is 16.6 Å². The maximum atomic E-state index is 10.5. The zero-order chi connectivity index (χ0) is 13.8. The van der Waals surface area contributed by atoms with E-state index in [1.54, 1.807) is 5.38 Å². The SMILES string of the molecule is Nc1csc(NN=Cc2ccc([N+](=O)[O-])c(O)c2)n1. The van der Waals surface area contributed by atoms with E-state index in [-0.39, 0.29) is 5.69 Å². The number of aromatic nitrogens is 1. The van der Waals surface area contributed by atoms with Crippen molar-refractivity contribution >= 4 is 34.2 Å². The molecule has 1 aromatic carbocycles. The van der Waals surface area contributed by atoms with Crippen LogP contribution in [0, 0.1) is 10.1 Å². The molecule has 0 bridgehead atoms. The summed E-state index contributed by atoms with van der Waals surface area (Å²) in [5.74, 6) is -0.0110. The maximum Gasteiger partial charge on any atom is 0.310 e. The van der Waals surface area contributed by atoms with Crippen LogP contribution in [0.25, 0.3) is 0 Å². The molecule has 1 aromatic heterocycles. The highest BCUT2D eigenvalue weighted by Crippen LogP contribution is 2.25. The molecule has 0 aliphatic heterocycles. The minimum Gasteiger partial charge on any atom is -0.502 e. The molecule has 2 rings (SSSR count). The van der Waals surface area contributed by atoms with Crippen LogP contribution < -0.4 is 11.2 Å². The number of nitrogens with zero attached hydrogens (tertiary/aromatic N) is 3. The molecular weight excluding hydrogens is 270 g/mol. The molecule has 0 radical (unpaired) electrons. The standard InChI is InChI=1S/C10H9N5O3S/c11-9-5-19-10(13-9)14-12-4-6-1-2-7(15(17)18)8(16)3-6/h1-5,16H,11H2,(H,13,14). The molecule has 0 saturated heterocycles. The second kappa shape index (κ2) is 5.31. The number of hydrogen-bond acceptors (Lipinski definition) is 8. The summed E-state index contributed by atoms with van der Waals surface area (Å²) in [7, 11) is 0. The van der Waals surface area contributed by atoms with E-state index in [0.717, 1.165) is 0 Å². The number of nitrogens with one attached hydrogen (secondary N) is 1. The van der Waals surface area contributed by atoms with Crippen molar-refractivity contribution in [2.24, 2.45) is 5.10 Å². The van der Waals surface area contributed by atoms with Gasteiger partial charge >= 0.3 is 5.69 Å². The van der Waals surface area contributed by atoms with Crippen molar-refractivity contribution in [1.29, 1.82) is 0 Å². The number of phenols is 1. The number of benzene rings is 1. The number of hydrazone groups is 1. The van der Waals surface area contributed by atoms with E-state index in [2.05, 4.69) is 15.5 Å². The topological polar surface area (TPSA) is 127 Å². The minimum atomic E-state index is -0.660. The summed E-state index contributed by atoms with van der Waals surface area (Å²) in [6, 6.07) is 3.93. The van der Waals surface area contributed by atoms with Gasteiger partial charge in [0.15, 0.2) is 5.75 Å². The van der Waals surface area contributed by atoms with E-state index in [4.69, 9.17) is 5.73 Å². The Bertz CT molecular complexity index is 640. The van der Waals surface area contributed by atoms with E-state index < -0.39 is 10.7 Å².